The summed E-state index contributed by atoms with van der Waals surface area (Å²) in [5.41, 5.74) is 5.38. The smallest absolute Gasteiger partial charge is 0.223 e. The van der Waals surface area contributed by atoms with Crippen molar-refractivity contribution in [1.82, 2.24) is 5.32 Å². The van der Waals surface area contributed by atoms with Crippen LogP contribution in [0.2, 0.25) is 0 Å². The lowest BCUT2D eigenvalue weighted by molar-refractivity contribution is -0.122. The summed E-state index contributed by atoms with van der Waals surface area (Å²) in [7, 11) is 0. The molecule has 4 N–H and O–H groups in total. The third-order valence-electron chi connectivity index (χ3n) is 2.15. The summed E-state index contributed by atoms with van der Waals surface area (Å²) in [5, 5.41) is 14.0. The van der Waals surface area contributed by atoms with Gasteiger partial charge in [-0.3, -0.25) is 4.79 Å². The summed E-state index contributed by atoms with van der Waals surface area (Å²) >= 11 is 0. The molecule has 13 heavy (non-hydrogen) atoms. The van der Waals surface area contributed by atoms with Gasteiger partial charge in [0, 0.05) is 5.92 Å². The molecule has 0 aromatic carbocycles. The second kappa shape index (κ2) is 4.11. The van der Waals surface area contributed by atoms with E-state index in [1.54, 1.807) is 0 Å². The van der Waals surface area contributed by atoms with Crippen LogP contribution >= 0.6 is 0 Å². The first-order chi connectivity index (χ1) is 6.19. The summed E-state index contributed by atoms with van der Waals surface area (Å²) < 4.78 is 0. The number of carbonyl (C=O) groups is 1. The van der Waals surface area contributed by atoms with Gasteiger partial charge in [-0.25, -0.2) is 0 Å². The second-order valence-corrected chi connectivity index (χ2v) is 3.27. The Balaban J connectivity index is 2.42. The predicted molar refractivity (Wildman–Crippen MR) is 48.4 cm³/mol. The average Bonchev–Trinajstić information content (AvgIpc) is 2.95. The van der Waals surface area contributed by atoms with Crippen molar-refractivity contribution in [3.8, 4) is 0 Å². The number of nitrogens with one attached hydrogen (secondary N) is 1. The molecule has 74 valence electrons. The first-order valence-corrected chi connectivity index (χ1v) is 4.46. The maximum absolute atomic E-state index is 11.3. The maximum Gasteiger partial charge on any atom is 0.223 e. The number of nitrogens with zero attached hydrogens (tertiary/aromatic N) is 1. The Morgan fingerprint density at radius 3 is 2.77 bits per heavy atom. The first kappa shape index (κ1) is 9.83. The van der Waals surface area contributed by atoms with E-state index in [1.165, 1.54) is 0 Å². The molecule has 1 fully saturated rings. The van der Waals surface area contributed by atoms with Crippen LogP contribution in [0.5, 0.6) is 0 Å². The third kappa shape index (κ3) is 2.61. The molecule has 0 aromatic heterocycles. The molecule has 1 unspecified atom stereocenters. The molecule has 1 saturated carbocycles. The van der Waals surface area contributed by atoms with Crippen LogP contribution < -0.4 is 11.1 Å². The molecule has 1 aliphatic carbocycles. The highest BCUT2D eigenvalue weighted by Crippen LogP contribution is 2.28. The van der Waals surface area contributed by atoms with Crippen molar-refractivity contribution in [2.24, 2.45) is 16.8 Å². The van der Waals surface area contributed by atoms with E-state index in [4.69, 9.17) is 10.9 Å². The zero-order chi connectivity index (χ0) is 9.84. The topological polar surface area (TPSA) is 87.7 Å². The highest BCUT2D eigenvalue weighted by molar-refractivity contribution is 5.91. The molecule has 1 rings (SSSR count). The Bertz CT molecular complexity index is 223. The fourth-order valence-electron chi connectivity index (χ4n) is 1.09. The fourth-order valence-corrected chi connectivity index (χ4v) is 1.09. The quantitative estimate of drug-likeness (QED) is 0.250. The van der Waals surface area contributed by atoms with Crippen molar-refractivity contribution >= 4 is 11.7 Å². The van der Waals surface area contributed by atoms with E-state index in [1.807, 2.05) is 6.92 Å². The van der Waals surface area contributed by atoms with Gasteiger partial charge in [0.2, 0.25) is 5.91 Å². The van der Waals surface area contributed by atoms with Gasteiger partial charge in [-0.1, -0.05) is 12.1 Å². The van der Waals surface area contributed by atoms with Gasteiger partial charge in [0.05, 0.1) is 6.04 Å². The van der Waals surface area contributed by atoms with Crippen LogP contribution in [0, 0.1) is 5.92 Å². The van der Waals surface area contributed by atoms with Gasteiger partial charge in [0.25, 0.3) is 0 Å². The van der Waals surface area contributed by atoms with Crippen molar-refractivity contribution in [2.45, 2.75) is 32.2 Å². The monoisotopic (exact) mass is 185 g/mol. The summed E-state index contributed by atoms with van der Waals surface area (Å²) in [5.74, 6) is 0.232. The first-order valence-electron chi connectivity index (χ1n) is 4.46. The number of rotatable bonds is 4. The maximum atomic E-state index is 11.3. The van der Waals surface area contributed by atoms with Gasteiger partial charge in [-0.2, -0.15) is 0 Å². The van der Waals surface area contributed by atoms with Crippen LogP contribution in [0.1, 0.15) is 26.2 Å². The van der Waals surface area contributed by atoms with Crippen LogP contribution in [-0.4, -0.2) is 23.0 Å². The number of nitrogens with two attached hydrogens (primary N) is 1. The SMILES string of the molecule is CCC(NC(=O)C1CC1)/C(N)=N/O. The molecule has 1 amide bonds. The van der Waals surface area contributed by atoms with E-state index < -0.39 is 0 Å². The van der Waals surface area contributed by atoms with Crippen LogP contribution in [0.3, 0.4) is 0 Å². The van der Waals surface area contributed by atoms with Crippen LogP contribution in [0.15, 0.2) is 5.16 Å². The lowest BCUT2D eigenvalue weighted by Crippen LogP contribution is -2.44. The molecule has 0 aromatic rings. The van der Waals surface area contributed by atoms with E-state index in [9.17, 15) is 4.79 Å². The van der Waals surface area contributed by atoms with E-state index in [2.05, 4.69) is 10.5 Å². The van der Waals surface area contributed by atoms with Gasteiger partial charge in [0.15, 0.2) is 5.84 Å². The summed E-state index contributed by atoms with van der Waals surface area (Å²) in [6.45, 7) is 1.87. The van der Waals surface area contributed by atoms with Gasteiger partial charge >= 0.3 is 0 Å². The summed E-state index contributed by atoms with van der Waals surface area (Å²) in [4.78, 5) is 11.3. The number of amidine groups is 1. The standard InChI is InChI=1S/C8H15N3O2/c1-2-6(7(9)11-13)10-8(12)5-3-4-5/h5-6,13H,2-4H2,1H3,(H2,9,11)(H,10,12). The third-order valence-corrected chi connectivity index (χ3v) is 2.15. The largest absolute Gasteiger partial charge is 0.409 e. The molecule has 0 heterocycles. The molecule has 0 spiro atoms. The van der Waals surface area contributed by atoms with Crippen molar-refractivity contribution in [1.29, 1.82) is 0 Å². The summed E-state index contributed by atoms with van der Waals surface area (Å²) in [6, 6.07) is -0.335. The summed E-state index contributed by atoms with van der Waals surface area (Å²) in [6.07, 6.45) is 2.55. The normalized spacial score (nSPS) is 19.6. The van der Waals surface area contributed by atoms with Crippen molar-refractivity contribution < 1.29 is 10.0 Å². The van der Waals surface area contributed by atoms with Gasteiger partial charge < -0.3 is 16.3 Å². The van der Waals surface area contributed by atoms with Crippen molar-refractivity contribution in [3.05, 3.63) is 0 Å². The average molecular weight is 185 g/mol. The van der Waals surface area contributed by atoms with Gasteiger partial charge in [-0.15, -0.1) is 0 Å². The molecule has 5 nitrogen and oxygen atoms in total. The number of amides is 1. The Hall–Kier alpha value is -1.26. The van der Waals surface area contributed by atoms with Crippen molar-refractivity contribution in [2.75, 3.05) is 0 Å². The van der Waals surface area contributed by atoms with Gasteiger partial charge in [-0.05, 0) is 19.3 Å². The predicted octanol–water partition coefficient (Wildman–Crippen LogP) is 0.0376. The minimum absolute atomic E-state index is 0.0125. The second-order valence-electron chi connectivity index (χ2n) is 3.27. The fraction of sp³-hybridized carbons (Fsp3) is 0.750. The van der Waals surface area contributed by atoms with E-state index in [-0.39, 0.29) is 23.7 Å². The number of carbonyl (C=O) groups excluding carboxylic acids is 1. The highest BCUT2D eigenvalue weighted by atomic mass is 16.4. The Morgan fingerprint density at radius 1 is 1.77 bits per heavy atom. The highest BCUT2D eigenvalue weighted by Gasteiger charge is 2.31. The zero-order valence-corrected chi connectivity index (χ0v) is 7.66. The lowest BCUT2D eigenvalue weighted by Gasteiger charge is -2.14. The Morgan fingerprint density at radius 2 is 2.38 bits per heavy atom. The number of oxime groups is 1. The number of hydrogen-bond acceptors (Lipinski definition) is 3. The Kier molecular flexibility index (Phi) is 3.11. The van der Waals surface area contributed by atoms with E-state index in [0.717, 1.165) is 12.8 Å². The molecule has 0 radical (unpaired) electrons. The lowest BCUT2D eigenvalue weighted by atomic mass is 10.2. The zero-order valence-electron chi connectivity index (χ0n) is 7.66. The van der Waals surface area contributed by atoms with E-state index in [0.29, 0.717) is 6.42 Å². The molecule has 1 atom stereocenters. The molecule has 0 bridgehead atoms. The van der Waals surface area contributed by atoms with Crippen LogP contribution in [0.25, 0.3) is 0 Å². The van der Waals surface area contributed by atoms with E-state index >= 15 is 0 Å². The van der Waals surface area contributed by atoms with Crippen LogP contribution in [0.4, 0.5) is 0 Å². The van der Waals surface area contributed by atoms with Crippen molar-refractivity contribution in [3.63, 3.8) is 0 Å². The minimum atomic E-state index is -0.335. The molecule has 5 heteroatoms. The molecule has 1 aliphatic rings. The minimum Gasteiger partial charge on any atom is -0.409 e. The molecular formula is C8H15N3O2. The van der Waals surface area contributed by atoms with Gasteiger partial charge in [0.1, 0.15) is 0 Å². The molecule has 0 saturated heterocycles. The van der Waals surface area contributed by atoms with Crippen LogP contribution in [-0.2, 0) is 4.79 Å². The molecular weight excluding hydrogens is 170 g/mol. The Labute approximate surface area is 77.0 Å². The molecule has 0 aliphatic heterocycles. The number of hydrogen-bond donors (Lipinski definition) is 3.